The SMILES string of the molecule is CCOCC.O=C(O)CCCCC(=O)O.O=C(O)CCCCC(=O)O.O=C(O)CCCCC(=O)O. The average molecular weight is 513 g/mol. The first-order valence-electron chi connectivity index (χ1n) is 11.2. The maximum Gasteiger partial charge on any atom is 0.303 e. The van der Waals surface area contributed by atoms with Crippen LogP contribution in [0.1, 0.15) is 90.9 Å². The summed E-state index contributed by atoms with van der Waals surface area (Å²) in [6.45, 7) is 5.67. The molecule has 35 heavy (non-hydrogen) atoms. The lowest BCUT2D eigenvalue weighted by Crippen LogP contribution is -1.97. The van der Waals surface area contributed by atoms with Crippen molar-refractivity contribution in [1.29, 1.82) is 0 Å². The van der Waals surface area contributed by atoms with E-state index in [1.165, 1.54) is 0 Å². The fourth-order valence-corrected chi connectivity index (χ4v) is 1.86. The number of ether oxygens (including phenoxy) is 1. The molecule has 0 aliphatic rings. The van der Waals surface area contributed by atoms with Crippen LogP contribution in [-0.2, 0) is 33.5 Å². The van der Waals surface area contributed by atoms with Gasteiger partial charge in [-0.2, -0.15) is 0 Å². The minimum Gasteiger partial charge on any atom is -0.481 e. The van der Waals surface area contributed by atoms with Crippen LogP contribution in [0.25, 0.3) is 0 Å². The molecule has 0 rings (SSSR count). The van der Waals surface area contributed by atoms with Crippen LogP contribution in [0.2, 0.25) is 0 Å². The van der Waals surface area contributed by atoms with Gasteiger partial charge in [0.2, 0.25) is 0 Å². The first-order chi connectivity index (χ1) is 16.3. The molecule has 13 heteroatoms. The highest BCUT2D eigenvalue weighted by atomic mass is 16.5. The number of rotatable bonds is 17. The summed E-state index contributed by atoms with van der Waals surface area (Å²) >= 11 is 0. The Morgan fingerprint density at radius 1 is 0.400 bits per heavy atom. The zero-order valence-corrected chi connectivity index (χ0v) is 20.4. The van der Waals surface area contributed by atoms with Crippen LogP contribution >= 0.6 is 0 Å². The van der Waals surface area contributed by atoms with Crippen LogP contribution in [-0.4, -0.2) is 79.7 Å². The second-order valence-corrected chi connectivity index (χ2v) is 6.77. The molecule has 0 saturated carbocycles. The Bertz CT molecular complexity index is 462. The molecule has 0 fully saturated rings. The summed E-state index contributed by atoms with van der Waals surface area (Å²) in [6, 6.07) is 0. The third-order valence-corrected chi connectivity index (χ3v) is 3.50. The van der Waals surface area contributed by atoms with Gasteiger partial charge in [-0.15, -0.1) is 0 Å². The highest BCUT2D eigenvalue weighted by Gasteiger charge is 2.00. The van der Waals surface area contributed by atoms with Crippen molar-refractivity contribution in [3.63, 3.8) is 0 Å². The van der Waals surface area contributed by atoms with E-state index in [9.17, 15) is 28.8 Å². The zero-order valence-electron chi connectivity index (χ0n) is 20.4. The van der Waals surface area contributed by atoms with Gasteiger partial charge in [0.1, 0.15) is 0 Å². The van der Waals surface area contributed by atoms with Gasteiger partial charge in [-0.05, 0) is 52.4 Å². The molecule has 0 bridgehead atoms. The van der Waals surface area contributed by atoms with Crippen molar-refractivity contribution in [3.8, 4) is 0 Å². The molecule has 0 saturated heterocycles. The average Bonchev–Trinajstić information content (AvgIpc) is 2.73. The van der Waals surface area contributed by atoms with Crippen molar-refractivity contribution in [2.75, 3.05) is 13.2 Å². The fraction of sp³-hybridized carbons (Fsp3) is 0.727. The lowest BCUT2D eigenvalue weighted by molar-refractivity contribution is -0.139. The number of hydrogen-bond donors (Lipinski definition) is 6. The molecule has 0 atom stereocenters. The Morgan fingerprint density at radius 3 is 0.600 bits per heavy atom. The van der Waals surface area contributed by atoms with Gasteiger partial charge in [0.15, 0.2) is 0 Å². The van der Waals surface area contributed by atoms with Crippen LogP contribution in [0.3, 0.4) is 0 Å². The van der Waals surface area contributed by atoms with Crippen molar-refractivity contribution in [2.24, 2.45) is 0 Å². The highest BCUT2D eigenvalue weighted by molar-refractivity contribution is 5.69. The largest absolute Gasteiger partial charge is 0.481 e. The molecule has 0 aromatic carbocycles. The van der Waals surface area contributed by atoms with E-state index in [-0.39, 0.29) is 38.5 Å². The lowest BCUT2D eigenvalue weighted by atomic mass is 10.2. The molecular weight excluding hydrogens is 472 g/mol. The molecule has 6 N–H and O–H groups in total. The Labute approximate surface area is 204 Å². The molecule has 0 spiro atoms. The van der Waals surface area contributed by atoms with Gasteiger partial charge in [-0.25, -0.2) is 0 Å². The van der Waals surface area contributed by atoms with Gasteiger partial charge in [0.25, 0.3) is 0 Å². The van der Waals surface area contributed by atoms with Gasteiger partial charge in [-0.3, -0.25) is 28.8 Å². The Hall–Kier alpha value is -3.22. The molecule has 13 nitrogen and oxygen atoms in total. The topological polar surface area (TPSA) is 233 Å². The van der Waals surface area contributed by atoms with E-state index in [1.54, 1.807) is 0 Å². The molecule has 0 aliphatic heterocycles. The number of unbranched alkanes of at least 4 members (excludes halogenated alkanes) is 3. The molecule has 206 valence electrons. The van der Waals surface area contributed by atoms with Gasteiger partial charge < -0.3 is 35.4 Å². The number of hydrogen-bond acceptors (Lipinski definition) is 7. The quantitative estimate of drug-likeness (QED) is 0.154. The van der Waals surface area contributed by atoms with E-state index in [1.807, 2.05) is 13.8 Å². The van der Waals surface area contributed by atoms with Crippen LogP contribution in [0, 0.1) is 0 Å². The van der Waals surface area contributed by atoms with E-state index in [2.05, 4.69) is 0 Å². The van der Waals surface area contributed by atoms with E-state index in [4.69, 9.17) is 35.4 Å². The number of carboxylic acid groups (broad SMARTS) is 6. The van der Waals surface area contributed by atoms with Crippen molar-refractivity contribution in [1.82, 2.24) is 0 Å². The minimum absolute atomic E-state index is 0.0628. The predicted octanol–water partition coefficient (Wildman–Crippen LogP) is 3.19. The molecule has 0 aromatic rings. The number of carbonyl (C=O) groups is 6. The van der Waals surface area contributed by atoms with E-state index >= 15 is 0 Å². The minimum atomic E-state index is -0.870. The summed E-state index contributed by atoms with van der Waals surface area (Å²) in [6.07, 6.45) is 3.05. The lowest BCUT2D eigenvalue weighted by Gasteiger charge is -1.92. The smallest absolute Gasteiger partial charge is 0.303 e. The van der Waals surface area contributed by atoms with E-state index in [0.29, 0.717) is 38.5 Å². The van der Waals surface area contributed by atoms with Crippen molar-refractivity contribution >= 4 is 35.8 Å². The van der Waals surface area contributed by atoms with Gasteiger partial charge in [0, 0.05) is 51.7 Å². The third kappa shape index (κ3) is 65.2. The van der Waals surface area contributed by atoms with Crippen LogP contribution in [0.5, 0.6) is 0 Å². The van der Waals surface area contributed by atoms with Gasteiger partial charge in [0.05, 0.1) is 0 Å². The Kier molecular flexibility index (Phi) is 34.3. The molecule has 0 radical (unpaired) electrons. The van der Waals surface area contributed by atoms with E-state index in [0.717, 1.165) is 13.2 Å². The van der Waals surface area contributed by atoms with Crippen LogP contribution in [0.4, 0.5) is 0 Å². The normalized spacial score (nSPS) is 9.09. The predicted molar refractivity (Wildman–Crippen MR) is 123 cm³/mol. The number of carboxylic acids is 6. The van der Waals surface area contributed by atoms with Crippen molar-refractivity contribution < 1.29 is 64.1 Å². The molecule has 0 aliphatic carbocycles. The summed E-state index contributed by atoms with van der Waals surface area (Å²) in [5.41, 5.74) is 0. The second-order valence-electron chi connectivity index (χ2n) is 6.77. The summed E-state index contributed by atoms with van der Waals surface area (Å²) in [7, 11) is 0. The standard InChI is InChI=1S/3C6H10O4.C4H10O/c3*7-5(8)3-1-2-4-6(9)10;1-3-5-4-2/h3*1-4H2,(H,7,8)(H,9,10);3-4H2,1-2H3. The summed E-state index contributed by atoms with van der Waals surface area (Å²) in [4.78, 5) is 59.4. The molecule has 0 unspecified atom stereocenters. The molecule has 0 amide bonds. The fourth-order valence-electron chi connectivity index (χ4n) is 1.86. The summed E-state index contributed by atoms with van der Waals surface area (Å²) in [5.74, 6) is -5.22. The first-order valence-corrected chi connectivity index (χ1v) is 11.2. The molecular formula is C22H40O13. The third-order valence-electron chi connectivity index (χ3n) is 3.50. The van der Waals surface area contributed by atoms with E-state index < -0.39 is 35.8 Å². The molecule has 0 heterocycles. The highest BCUT2D eigenvalue weighted by Crippen LogP contribution is 2.00. The summed E-state index contributed by atoms with van der Waals surface area (Å²) < 4.78 is 4.83. The van der Waals surface area contributed by atoms with Gasteiger partial charge >= 0.3 is 35.8 Å². The van der Waals surface area contributed by atoms with Crippen LogP contribution < -0.4 is 0 Å². The Morgan fingerprint density at radius 2 is 0.543 bits per heavy atom. The monoisotopic (exact) mass is 512 g/mol. The van der Waals surface area contributed by atoms with Crippen LogP contribution in [0.15, 0.2) is 0 Å². The number of aliphatic carboxylic acids is 6. The first kappa shape index (κ1) is 39.0. The Balaban J connectivity index is -0.000000188. The van der Waals surface area contributed by atoms with Crippen molar-refractivity contribution in [3.05, 3.63) is 0 Å². The maximum atomic E-state index is 9.90. The van der Waals surface area contributed by atoms with Crippen molar-refractivity contribution in [2.45, 2.75) is 90.9 Å². The second kappa shape index (κ2) is 30.8. The molecule has 0 aromatic heterocycles. The zero-order chi connectivity index (χ0) is 28.1. The van der Waals surface area contributed by atoms with Gasteiger partial charge in [-0.1, -0.05) is 0 Å². The summed E-state index contributed by atoms with van der Waals surface area (Å²) in [5, 5.41) is 48.8. The maximum absolute atomic E-state index is 9.90.